The SMILES string of the molecule is COc1ccc(/C=C/C(=O)c2ccccc2OC)cc1CSc1ccccn1. The predicted molar refractivity (Wildman–Crippen MR) is 113 cm³/mol. The molecule has 0 radical (unpaired) electrons. The highest BCUT2D eigenvalue weighted by molar-refractivity contribution is 7.98. The number of methoxy groups -OCH3 is 2. The number of nitrogens with zero attached hydrogens (tertiary/aromatic N) is 1. The molecular formula is C23H21NO3S. The fourth-order valence-corrected chi connectivity index (χ4v) is 3.55. The Bertz CT molecular complexity index is 971. The number of ether oxygens (including phenoxy) is 2. The standard InChI is InChI=1S/C23H21NO3S/c1-26-21-13-11-17(15-18(21)16-28-23-9-5-6-14-24-23)10-12-20(25)19-7-3-4-8-22(19)27-2/h3-15H,16H2,1-2H3/b12-10+. The van der Waals surface area contributed by atoms with Crippen molar-refractivity contribution in [2.45, 2.75) is 10.8 Å². The second-order valence-electron chi connectivity index (χ2n) is 5.93. The molecule has 1 aromatic heterocycles. The van der Waals surface area contributed by atoms with Crippen LogP contribution in [0, 0.1) is 0 Å². The number of para-hydroxylation sites is 1. The highest BCUT2D eigenvalue weighted by Crippen LogP contribution is 2.28. The minimum Gasteiger partial charge on any atom is -0.496 e. The van der Waals surface area contributed by atoms with Crippen LogP contribution in [-0.4, -0.2) is 25.0 Å². The Kier molecular flexibility index (Phi) is 6.87. The lowest BCUT2D eigenvalue weighted by atomic mass is 10.1. The second kappa shape index (κ2) is 9.76. The van der Waals surface area contributed by atoms with Gasteiger partial charge >= 0.3 is 0 Å². The topological polar surface area (TPSA) is 48.4 Å². The summed E-state index contributed by atoms with van der Waals surface area (Å²) in [5.74, 6) is 2.01. The Labute approximate surface area is 169 Å². The summed E-state index contributed by atoms with van der Waals surface area (Å²) in [4.78, 5) is 16.8. The second-order valence-corrected chi connectivity index (χ2v) is 6.92. The molecule has 0 aliphatic carbocycles. The first-order chi connectivity index (χ1) is 13.7. The third-order valence-corrected chi connectivity index (χ3v) is 5.11. The van der Waals surface area contributed by atoms with Crippen LogP contribution in [0.25, 0.3) is 6.08 Å². The summed E-state index contributed by atoms with van der Waals surface area (Å²) in [6.45, 7) is 0. The van der Waals surface area contributed by atoms with E-state index in [4.69, 9.17) is 9.47 Å². The normalized spacial score (nSPS) is 10.8. The van der Waals surface area contributed by atoms with Gasteiger partial charge in [0.15, 0.2) is 5.78 Å². The smallest absolute Gasteiger partial charge is 0.189 e. The summed E-state index contributed by atoms with van der Waals surface area (Å²) in [7, 11) is 3.22. The van der Waals surface area contributed by atoms with Gasteiger partial charge in [0, 0.05) is 17.5 Å². The summed E-state index contributed by atoms with van der Waals surface area (Å²) in [5.41, 5.74) is 2.52. The van der Waals surface area contributed by atoms with E-state index in [9.17, 15) is 4.79 Å². The van der Waals surface area contributed by atoms with Gasteiger partial charge in [0.25, 0.3) is 0 Å². The van der Waals surface area contributed by atoms with Gasteiger partial charge < -0.3 is 9.47 Å². The van der Waals surface area contributed by atoms with Crippen molar-refractivity contribution < 1.29 is 14.3 Å². The van der Waals surface area contributed by atoms with E-state index in [1.54, 1.807) is 50.4 Å². The lowest BCUT2D eigenvalue weighted by Crippen LogP contribution is -1.98. The maximum Gasteiger partial charge on any atom is 0.189 e. The van der Waals surface area contributed by atoms with Gasteiger partial charge in [0.05, 0.1) is 24.8 Å². The Balaban J connectivity index is 1.76. The number of thioether (sulfide) groups is 1. The molecule has 28 heavy (non-hydrogen) atoms. The summed E-state index contributed by atoms with van der Waals surface area (Å²) in [6.07, 6.45) is 5.15. The molecule has 1 heterocycles. The monoisotopic (exact) mass is 391 g/mol. The highest BCUT2D eigenvalue weighted by atomic mass is 32.2. The van der Waals surface area contributed by atoms with Crippen molar-refractivity contribution >= 4 is 23.6 Å². The molecule has 4 nitrogen and oxygen atoms in total. The molecule has 0 spiro atoms. The Morgan fingerprint density at radius 2 is 1.79 bits per heavy atom. The number of hydrogen-bond donors (Lipinski definition) is 0. The fraction of sp³-hybridized carbons (Fsp3) is 0.130. The summed E-state index contributed by atoms with van der Waals surface area (Å²) < 4.78 is 10.7. The number of ketones is 1. The van der Waals surface area contributed by atoms with Gasteiger partial charge in [-0.25, -0.2) is 4.98 Å². The van der Waals surface area contributed by atoms with Crippen LogP contribution in [0.5, 0.6) is 11.5 Å². The first-order valence-corrected chi connectivity index (χ1v) is 9.76. The van der Waals surface area contributed by atoms with Crippen LogP contribution in [0.3, 0.4) is 0 Å². The van der Waals surface area contributed by atoms with Crippen molar-refractivity contribution in [3.63, 3.8) is 0 Å². The zero-order chi connectivity index (χ0) is 19.8. The molecule has 0 bridgehead atoms. The Morgan fingerprint density at radius 1 is 1.00 bits per heavy atom. The molecule has 0 aliphatic heterocycles. The van der Waals surface area contributed by atoms with Crippen molar-refractivity contribution in [1.82, 2.24) is 4.98 Å². The minimum absolute atomic E-state index is 0.0994. The van der Waals surface area contributed by atoms with Crippen LogP contribution < -0.4 is 9.47 Å². The number of carbonyl (C=O) groups excluding carboxylic acids is 1. The van der Waals surface area contributed by atoms with Crippen molar-refractivity contribution in [1.29, 1.82) is 0 Å². The lowest BCUT2D eigenvalue weighted by molar-refractivity contribution is 0.104. The third kappa shape index (κ3) is 5.02. The fourth-order valence-electron chi connectivity index (χ4n) is 2.71. The average Bonchev–Trinajstić information content (AvgIpc) is 2.76. The first-order valence-electron chi connectivity index (χ1n) is 8.77. The van der Waals surface area contributed by atoms with E-state index in [1.165, 1.54) is 0 Å². The number of rotatable bonds is 8. The number of hydrogen-bond acceptors (Lipinski definition) is 5. The van der Waals surface area contributed by atoms with E-state index in [0.29, 0.717) is 11.3 Å². The van der Waals surface area contributed by atoms with Crippen LogP contribution in [0.2, 0.25) is 0 Å². The van der Waals surface area contributed by atoms with E-state index in [-0.39, 0.29) is 5.78 Å². The van der Waals surface area contributed by atoms with Gasteiger partial charge in [0.2, 0.25) is 0 Å². The van der Waals surface area contributed by atoms with Gasteiger partial charge in [-0.1, -0.05) is 30.3 Å². The molecule has 3 rings (SSSR count). The summed E-state index contributed by atoms with van der Waals surface area (Å²) in [5, 5.41) is 0.955. The zero-order valence-corrected chi connectivity index (χ0v) is 16.6. The van der Waals surface area contributed by atoms with Crippen molar-refractivity contribution in [2.75, 3.05) is 14.2 Å². The Hall–Kier alpha value is -3.05. The van der Waals surface area contributed by atoms with Crippen molar-refractivity contribution in [2.24, 2.45) is 0 Å². The van der Waals surface area contributed by atoms with Gasteiger partial charge in [-0.3, -0.25) is 4.79 Å². The number of pyridine rings is 1. The van der Waals surface area contributed by atoms with E-state index >= 15 is 0 Å². The van der Waals surface area contributed by atoms with E-state index in [0.717, 1.165) is 27.7 Å². The lowest BCUT2D eigenvalue weighted by Gasteiger charge is -2.09. The number of allylic oxidation sites excluding steroid dienone is 1. The van der Waals surface area contributed by atoms with Crippen LogP contribution >= 0.6 is 11.8 Å². The van der Waals surface area contributed by atoms with Crippen molar-refractivity contribution in [3.05, 3.63) is 89.6 Å². The number of carbonyl (C=O) groups is 1. The molecular weight excluding hydrogens is 370 g/mol. The maximum absolute atomic E-state index is 12.5. The molecule has 0 unspecified atom stereocenters. The molecule has 2 aromatic carbocycles. The number of aromatic nitrogens is 1. The van der Waals surface area contributed by atoms with Crippen molar-refractivity contribution in [3.8, 4) is 11.5 Å². The highest BCUT2D eigenvalue weighted by Gasteiger charge is 2.09. The summed E-state index contributed by atoms with van der Waals surface area (Å²) in [6, 6.07) is 18.9. The summed E-state index contributed by atoms with van der Waals surface area (Å²) >= 11 is 1.64. The zero-order valence-electron chi connectivity index (χ0n) is 15.8. The average molecular weight is 391 g/mol. The number of benzene rings is 2. The molecule has 0 amide bonds. The maximum atomic E-state index is 12.5. The van der Waals surface area contributed by atoms with Crippen LogP contribution in [0.1, 0.15) is 21.5 Å². The molecule has 0 saturated heterocycles. The Morgan fingerprint density at radius 3 is 2.54 bits per heavy atom. The molecule has 0 saturated carbocycles. The molecule has 0 N–H and O–H groups in total. The van der Waals surface area contributed by atoms with E-state index < -0.39 is 0 Å². The third-order valence-electron chi connectivity index (χ3n) is 4.12. The van der Waals surface area contributed by atoms with Gasteiger partial charge in [-0.05, 0) is 48.0 Å². The molecule has 0 atom stereocenters. The molecule has 5 heteroatoms. The predicted octanol–water partition coefficient (Wildman–Crippen LogP) is 5.29. The van der Waals surface area contributed by atoms with Gasteiger partial charge in [-0.15, -0.1) is 11.8 Å². The molecule has 3 aromatic rings. The molecule has 0 fully saturated rings. The van der Waals surface area contributed by atoms with E-state index in [1.807, 2.05) is 54.6 Å². The van der Waals surface area contributed by atoms with Gasteiger partial charge in [0.1, 0.15) is 11.5 Å². The molecule has 0 aliphatic rings. The van der Waals surface area contributed by atoms with Crippen LogP contribution in [0.4, 0.5) is 0 Å². The van der Waals surface area contributed by atoms with Crippen LogP contribution in [-0.2, 0) is 5.75 Å². The van der Waals surface area contributed by atoms with E-state index in [2.05, 4.69) is 4.98 Å². The van der Waals surface area contributed by atoms with Crippen LogP contribution in [0.15, 0.2) is 78.0 Å². The quantitative estimate of drug-likeness (QED) is 0.297. The minimum atomic E-state index is -0.0994. The molecule has 142 valence electrons. The first kappa shape index (κ1) is 19.7. The largest absolute Gasteiger partial charge is 0.496 e. The van der Waals surface area contributed by atoms with Gasteiger partial charge in [-0.2, -0.15) is 0 Å².